The summed E-state index contributed by atoms with van der Waals surface area (Å²) in [7, 11) is 1.64. The van der Waals surface area contributed by atoms with Crippen molar-refractivity contribution in [1.29, 1.82) is 0 Å². The van der Waals surface area contributed by atoms with Crippen LogP contribution in [0.15, 0.2) is 59.3 Å². The summed E-state index contributed by atoms with van der Waals surface area (Å²) in [5, 5.41) is 3.87. The van der Waals surface area contributed by atoms with Crippen molar-refractivity contribution in [2.24, 2.45) is 0 Å². The van der Waals surface area contributed by atoms with Gasteiger partial charge in [-0.3, -0.25) is 14.6 Å². The zero-order chi connectivity index (χ0) is 18.4. The number of carbonyl (C=O) groups is 2. The molecule has 3 aromatic rings. The first-order valence-corrected chi connectivity index (χ1v) is 8.19. The van der Waals surface area contributed by atoms with Crippen LogP contribution in [0, 0.1) is 0 Å². The Labute approximate surface area is 150 Å². The number of benzene rings is 1. The Balaban J connectivity index is 1.53. The number of amides is 1. The van der Waals surface area contributed by atoms with Crippen molar-refractivity contribution >= 4 is 11.7 Å². The van der Waals surface area contributed by atoms with Crippen LogP contribution in [0.25, 0.3) is 11.5 Å². The second-order valence-corrected chi connectivity index (χ2v) is 5.77. The third-order valence-electron chi connectivity index (χ3n) is 3.82. The minimum Gasteiger partial charge on any atom is -0.337 e. The molecule has 0 spiro atoms. The number of ketones is 1. The molecule has 0 aliphatic heterocycles. The molecule has 0 aliphatic carbocycles. The predicted octanol–water partition coefficient (Wildman–Crippen LogP) is 2.75. The molecule has 0 saturated heterocycles. The third kappa shape index (κ3) is 4.38. The van der Waals surface area contributed by atoms with Gasteiger partial charge >= 0.3 is 0 Å². The van der Waals surface area contributed by atoms with Crippen LogP contribution in [-0.2, 0) is 11.3 Å². The Morgan fingerprint density at radius 2 is 1.81 bits per heavy atom. The summed E-state index contributed by atoms with van der Waals surface area (Å²) in [6.07, 6.45) is 1.94. The molecule has 0 fully saturated rings. The lowest BCUT2D eigenvalue weighted by Gasteiger charge is -2.14. The predicted molar refractivity (Wildman–Crippen MR) is 94.0 cm³/mol. The largest absolute Gasteiger partial charge is 0.337 e. The second-order valence-electron chi connectivity index (χ2n) is 5.77. The molecular weight excluding hydrogens is 332 g/mol. The molecule has 0 unspecified atom stereocenters. The van der Waals surface area contributed by atoms with Crippen LogP contribution < -0.4 is 0 Å². The number of pyridine rings is 1. The van der Waals surface area contributed by atoms with Gasteiger partial charge in [-0.05, 0) is 12.1 Å². The van der Waals surface area contributed by atoms with Crippen molar-refractivity contribution in [2.75, 3.05) is 7.05 Å². The van der Waals surface area contributed by atoms with Crippen molar-refractivity contribution in [1.82, 2.24) is 20.0 Å². The van der Waals surface area contributed by atoms with Gasteiger partial charge in [0, 0.05) is 31.6 Å². The Bertz CT molecular complexity index is 878. The number of rotatable bonds is 7. The second kappa shape index (κ2) is 8.15. The lowest BCUT2D eigenvalue weighted by molar-refractivity contribution is -0.130. The van der Waals surface area contributed by atoms with E-state index in [9.17, 15) is 9.59 Å². The highest BCUT2D eigenvalue weighted by molar-refractivity contribution is 5.97. The first-order chi connectivity index (χ1) is 12.6. The molecule has 2 heterocycles. The van der Waals surface area contributed by atoms with Gasteiger partial charge in [0.25, 0.3) is 0 Å². The highest BCUT2D eigenvalue weighted by Crippen LogP contribution is 2.13. The Morgan fingerprint density at radius 3 is 2.54 bits per heavy atom. The van der Waals surface area contributed by atoms with E-state index in [-0.39, 0.29) is 31.1 Å². The number of carbonyl (C=O) groups excluding carboxylic acids is 2. The summed E-state index contributed by atoms with van der Waals surface area (Å²) in [5.74, 6) is 0.478. The SMILES string of the molecule is CN(Cc1nc(-c2ccccn2)no1)C(=O)CCC(=O)c1ccccc1. The fourth-order valence-electron chi connectivity index (χ4n) is 2.39. The van der Waals surface area contributed by atoms with E-state index in [4.69, 9.17) is 4.52 Å². The molecule has 2 aromatic heterocycles. The average molecular weight is 350 g/mol. The van der Waals surface area contributed by atoms with Gasteiger partial charge in [0.2, 0.25) is 17.6 Å². The minimum absolute atomic E-state index is 0.0532. The van der Waals surface area contributed by atoms with Crippen LogP contribution in [0.2, 0.25) is 0 Å². The van der Waals surface area contributed by atoms with Gasteiger partial charge in [-0.2, -0.15) is 4.98 Å². The highest BCUT2D eigenvalue weighted by atomic mass is 16.5. The van der Waals surface area contributed by atoms with E-state index in [1.807, 2.05) is 12.1 Å². The van der Waals surface area contributed by atoms with Crippen LogP contribution in [-0.4, -0.2) is 38.8 Å². The zero-order valence-electron chi connectivity index (χ0n) is 14.3. The molecule has 0 N–H and O–H groups in total. The molecule has 0 saturated carbocycles. The standard InChI is InChI=1S/C19H18N4O3/c1-23(18(25)11-10-16(24)14-7-3-2-4-8-14)13-17-21-19(22-26-17)15-9-5-6-12-20-15/h2-9,12H,10-11,13H2,1H3. The van der Waals surface area contributed by atoms with Gasteiger partial charge in [0.1, 0.15) is 5.69 Å². The quantitative estimate of drug-likeness (QED) is 0.609. The van der Waals surface area contributed by atoms with Gasteiger partial charge in [-0.25, -0.2) is 0 Å². The summed E-state index contributed by atoms with van der Waals surface area (Å²) in [6.45, 7) is 0.179. The maximum Gasteiger partial charge on any atom is 0.246 e. The van der Waals surface area contributed by atoms with Crippen LogP contribution in [0.1, 0.15) is 29.1 Å². The van der Waals surface area contributed by atoms with Crippen LogP contribution in [0.4, 0.5) is 0 Å². The van der Waals surface area contributed by atoms with Crippen molar-refractivity contribution in [2.45, 2.75) is 19.4 Å². The number of aromatic nitrogens is 3. The molecule has 1 amide bonds. The molecule has 0 atom stereocenters. The van der Waals surface area contributed by atoms with E-state index in [0.717, 1.165) is 0 Å². The monoisotopic (exact) mass is 350 g/mol. The lowest BCUT2D eigenvalue weighted by atomic mass is 10.1. The number of hydrogen-bond donors (Lipinski definition) is 0. The Kier molecular flexibility index (Phi) is 5.48. The molecule has 7 nitrogen and oxygen atoms in total. The van der Waals surface area contributed by atoms with Crippen LogP contribution >= 0.6 is 0 Å². The summed E-state index contributed by atoms with van der Waals surface area (Å²) in [5.41, 5.74) is 1.21. The van der Waals surface area contributed by atoms with Crippen molar-refractivity contribution in [3.05, 3.63) is 66.2 Å². The zero-order valence-corrected chi connectivity index (χ0v) is 14.3. The Morgan fingerprint density at radius 1 is 1.04 bits per heavy atom. The topological polar surface area (TPSA) is 89.2 Å². The molecule has 3 rings (SSSR count). The molecule has 0 bridgehead atoms. The summed E-state index contributed by atoms with van der Waals surface area (Å²) < 4.78 is 5.17. The first-order valence-electron chi connectivity index (χ1n) is 8.19. The van der Waals surface area contributed by atoms with Crippen molar-refractivity contribution in [3.8, 4) is 11.5 Å². The third-order valence-corrected chi connectivity index (χ3v) is 3.82. The number of nitrogens with zero attached hydrogens (tertiary/aromatic N) is 4. The number of hydrogen-bond acceptors (Lipinski definition) is 6. The minimum atomic E-state index is -0.160. The van der Waals surface area contributed by atoms with Crippen molar-refractivity contribution in [3.63, 3.8) is 0 Å². The van der Waals surface area contributed by atoms with E-state index in [0.29, 0.717) is 23.0 Å². The van der Waals surface area contributed by atoms with Gasteiger partial charge in [0.05, 0.1) is 6.54 Å². The lowest BCUT2D eigenvalue weighted by Crippen LogP contribution is -2.26. The van der Waals surface area contributed by atoms with E-state index >= 15 is 0 Å². The maximum atomic E-state index is 12.2. The molecule has 0 aliphatic rings. The van der Waals surface area contributed by atoms with Crippen molar-refractivity contribution < 1.29 is 14.1 Å². The summed E-state index contributed by atoms with van der Waals surface area (Å²) in [6, 6.07) is 14.3. The van der Waals surface area contributed by atoms with Crippen LogP contribution in [0.3, 0.4) is 0 Å². The van der Waals surface area contributed by atoms with Crippen LogP contribution in [0.5, 0.6) is 0 Å². The van der Waals surface area contributed by atoms with E-state index < -0.39 is 0 Å². The normalized spacial score (nSPS) is 10.5. The van der Waals surface area contributed by atoms with E-state index in [1.165, 1.54) is 4.90 Å². The number of Topliss-reactive ketones (excluding diaryl/α,β-unsaturated/α-hetero) is 1. The molecule has 0 radical (unpaired) electrons. The molecule has 7 heteroatoms. The molecular formula is C19H18N4O3. The van der Waals surface area contributed by atoms with Gasteiger partial charge in [-0.15, -0.1) is 0 Å². The average Bonchev–Trinajstić information content (AvgIpc) is 3.15. The van der Waals surface area contributed by atoms with Gasteiger partial charge in [0.15, 0.2) is 5.78 Å². The first kappa shape index (κ1) is 17.5. The molecule has 1 aromatic carbocycles. The van der Waals surface area contributed by atoms with E-state index in [2.05, 4.69) is 15.1 Å². The smallest absolute Gasteiger partial charge is 0.246 e. The van der Waals surface area contributed by atoms with Gasteiger partial charge < -0.3 is 9.42 Å². The summed E-state index contributed by atoms with van der Waals surface area (Å²) in [4.78, 5) is 34.2. The Hall–Kier alpha value is -3.35. The molecule has 132 valence electrons. The fraction of sp³-hybridized carbons (Fsp3) is 0.211. The highest BCUT2D eigenvalue weighted by Gasteiger charge is 2.16. The summed E-state index contributed by atoms with van der Waals surface area (Å²) >= 11 is 0. The van der Waals surface area contributed by atoms with E-state index in [1.54, 1.807) is 49.6 Å². The van der Waals surface area contributed by atoms with Gasteiger partial charge in [-0.1, -0.05) is 41.6 Å². The maximum absolute atomic E-state index is 12.2. The molecule has 26 heavy (non-hydrogen) atoms. The fourth-order valence-corrected chi connectivity index (χ4v) is 2.39.